The summed E-state index contributed by atoms with van der Waals surface area (Å²) in [7, 11) is 0. The first-order valence-corrected chi connectivity index (χ1v) is 6.33. The Kier molecular flexibility index (Phi) is 4.10. The average Bonchev–Trinajstić information content (AvgIpc) is 2.80. The largest absolute Gasteiger partial charge is 0.416 e. The Balaban J connectivity index is 2.16. The number of anilines is 1. The third kappa shape index (κ3) is 3.66. The highest BCUT2D eigenvalue weighted by atomic mass is 79.9. The summed E-state index contributed by atoms with van der Waals surface area (Å²) in [6.07, 6.45) is -3.78. The van der Waals surface area contributed by atoms with Gasteiger partial charge in [0.25, 0.3) is 5.91 Å². The Morgan fingerprint density at radius 3 is 2.79 bits per heavy atom. The summed E-state index contributed by atoms with van der Waals surface area (Å²) >= 11 is 2.89. The van der Waals surface area contributed by atoms with Crippen molar-refractivity contribution in [1.29, 1.82) is 0 Å². The molecule has 1 fully saturated rings. The quantitative estimate of drug-likeness (QED) is 0.843. The van der Waals surface area contributed by atoms with Crippen LogP contribution >= 0.6 is 15.9 Å². The van der Waals surface area contributed by atoms with Crippen LogP contribution in [0.4, 0.5) is 19.0 Å². The van der Waals surface area contributed by atoms with Crippen LogP contribution in [0.15, 0.2) is 16.7 Å². The van der Waals surface area contributed by atoms with Crippen molar-refractivity contribution < 1.29 is 22.7 Å². The van der Waals surface area contributed by atoms with Crippen LogP contribution in [0.25, 0.3) is 0 Å². The van der Waals surface area contributed by atoms with Gasteiger partial charge in [0.1, 0.15) is 16.5 Å². The number of ether oxygens (including phenoxy) is 1. The van der Waals surface area contributed by atoms with Gasteiger partial charge < -0.3 is 10.1 Å². The van der Waals surface area contributed by atoms with Crippen LogP contribution in [0.5, 0.6) is 0 Å². The van der Waals surface area contributed by atoms with E-state index in [4.69, 9.17) is 4.74 Å². The van der Waals surface area contributed by atoms with E-state index >= 15 is 0 Å². The second-order valence-corrected chi connectivity index (χ2v) is 4.86. The molecule has 0 radical (unpaired) electrons. The van der Waals surface area contributed by atoms with Gasteiger partial charge in [-0.1, -0.05) is 0 Å². The maximum Gasteiger partial charge on any atom is 0.416 e. The molecule has 2 rings (SSSR count). The number of alkyl halides is 3. The Morgan fingerprint density at radius 1 is 1.47 bits per heavy atom. The van der Waals surface area contributed by atoms with Gasteiger partial charge in [0.05, 0.1) is 5.56 Å². The minimum Gasteiger partial charge on any atom is -0.368 e. The molecule has 2 heterocycles. The lowest BCUT2D eigenvalue weighted by Gasteiger charge is -2.12. The normalized spacial score (nSPS) is 19.5. The van der Waals surface area contributed by atoms with Crippen LogP contribution in [-0.2, 0) is 15.7 Å². The monoisotopic (exact) mass is 338 g/mol. The summed E-state index contributed by atoms with van der Waals surface area (Å²) in [5.41, 5.74) is -0.878. The number of nitrogens with zero attached hydrogens (tertiary/aromatic N) is 1. The number of pyridine rings is 1. The summed E-state index contributed by atoms with van der Waals surface area (Å²) in [6, 6.07) is 1.64. The van der Waals surface area contributed by atoms with Crippen molar-refractivity contribution in [3.63, 3.8) is 0 Å². The van der Waals surface area contributed by atoms with Gasteiger partial charge in [0.2, 0.25) is 0 Å². The van der Waals surface area contributed by atoms with E-state index in [0.29, 0.717) is 13.0 Å². The first-order chi connectivity index (χ1) is 8.86. The third-order valence-corrected chi connectivity index (χ3v) is 3.00. The number of aromatic nitrogens is 1. The van der Waals surface area contributed by atoms with Crippen LogP contribution in [0, 0.1) is 0 Å². The van der Waals surface area contributed by atoms with E-state index in [-0.39, 0.29) is 10.4 Å². The fourth-order valence-corrected chi connectivity index (χ4v) is 2.15. The minimum absolute atomic E-state index is 0.00460. The molecule has 4 nitrogen and oxygen atoms in total. The number of hydrogen-bond acceptors (Lipinski definition) is 3. The minimum atomic E-state index is -4.49. The lowest BCUT2D eigenvalue weighted by atomic mass is 10.2. The van der Waals surface area contributed by atoms with Crippen LogP contribution < -0.4 is 5.32 Å². The molecule has 0 aromatic carbocycles. The van der Waals surface area contributed by atoms with Crippen molar-refractivity contribution in [1.82, 2.24) is 4.98 Å². The van der Waals surface area contributed by atoms with Gasteiger partial charge in [-0.05, 0) is 40.9 Å². The maximum absolute atomic E-state index is 12.6. The van der Waals surface area contributed by atoms with Crippen LogP contribution in [0.1, 0.15) is 18.4 Å². The van der Waals surface area contributed by atoms with E-state index in [1.807, 2.05) is 0 Å². The van der Waals surface area contributed by atoms with Crippen molar-refractivity contribution in [3.8, 4) is 0 Å². The Morgan fingerprint density at radius 2 is 2.21 bits per heavy atom. The highest BCUT2D eigenvalue weighted by Crippen LogP contribution is 2.32. The second kappa shape index (κ2) is 5.46. The van der Waals surface area contributed by atoms with Crippen molar-refractivity contribution in [3.05, 3.63) is 22.3 Å². The summed E-state index contributed by atoms with van der Waals surface area (Å²) in [5, 5.41) is 2.33. The van der Waals surface area contributed by atoms with E-state index in [1.54, 1.807) is 0 Å². The van der Waals surface area contributed by atoms with E-state index in [9.17, 15) is 18.0 Å². The summed E-state index contributed by atoms with van der Waals surface area (Å²) < 4.78 is 42.9. The van der Waals surface area contributed by atoms with Gasteiger partial charge in [-0.25, -0.2) is 4.98 Å². The van der Waals surface area contributed by atoms with Crippen LogP contribution in [0.2, 0.25) is 0 Å². The molecule has 8 heteroatoms. The zero-order valence-corrected chi connectivity index (χ0v) is 11.2. The predicted molar refractivity (Wildman–Crippen MR) is 64.5 cm³/mol. The van der Waals surface area contributed by atoms with Crippen LogP contribution in [-0.4, -0.2) is 23.6 Å². The lowest BCUT2D eigenvalue weighted by molar-refractivity contribution is -0.137. The molecule has 0 aliphatic carbocycles. The molecule has 1 N–H and O–H groups in total. The zero-order chi connectivity index (χ0) is 14.0. The van der Waals surface area contributed by atoms with Crippen molar-refractivity contribution in [2.24, 2.45) is 0 Å². The molecule has 1 aliphatic rings. The van der Waals surface area contributed by atoms with Gasteiger partial charge >= 0.3 is 6.18 Å². The number of hydrogen-bond donors (Lipinski definition) is 1. The molecule has 0 spiro atoms. The molecule has 0 saturated carbocycles. The molecule has 104 valence electrons. The van der Waals surface area contributed by atoms with Crippen molar-refractivity contribution >= 4 is 27.7 Å². The fraction of sp³-hybridized carbons (Fsp3) is 0.455. The smallest absolute Gasteiger partial charge is 0.368 e. The SMILES string of the molecule is O=C(Nc1cc(C(F)(F)F)cc(Br)n1)[C@@H]1CCCO1. The van der Waals surface area contributed by atoms with E-state index in [1.165, 1.54) is 0 Å². The third-order valence-electron chi connectivity index (χ3n) is 2.59. The molecule has 1 amide bonds. The standard InChI is InChI=1S/C11H10BrF3N2O2/c12-8-4-6(11(13,14)15)5-9(16-8)17-10(18)7-2-1-3-19-7/h4-5,7H,1-3H2,(H,16,17,18)/t7-/m0/s1. The molecule has 0 bridgehead atoms. The topological polar surface area (TPSA) is 51.2 Å². The number of carbonyl (C=O) groups excluding carboxylic acids is 1. The van der Waals surface area contributed by atoms with Gasteiger partial charge in [-0.3, -0.25) is 4.79 Å². The Bertz CT molecular complexity index is 487. The van der Waals surface area contributed by atoms with Gasteiger partial charge in [0.15, 0.2) is 0 Å². The zero-order valence-electron chi connectivity index (χ0n) is 9.63. The molecular weight excluding hydrogens is 329 g/mol. The lowest BCUT2D eigenvalue weighted by Crippen LogP contribution is -2.27. The molecule has 1 atom stereocenters. The molecule has 1 aromatic rings. The molecule has 0 unspecified atom stereocenters. The molecule has 1 saturated heterocycles. The number of amides is 1. The van der Waals surface area contributed by atoms with Crippen molar-refractivity contribution in [2.75, 3.05) is 11.9 Å². The van der Waals surface area contributed by atoms with Gasteiger partial charge in [-0.2, -0.15) is 13.2 Å². The molecule has 1 aliphatic heterocycles. The second-order valence-electron chi connectivity index (χ2n) is 4.05. The van der Waals surface area contributed by atoms with E-state index in [0.717, 1.165) is 18.6 Å². The maximum atomic E-state index is 12.6. The molecule has 19 heavy (non-hydrogen) atoms. The number of rotatable bonds is 2. The van der Waals surface area contributed by atoms with Crippen molar-refractivity contribution in [2.45, 2.75) is 25.1 Å². The first kappa shape index (κ1) is 14.3. The predicted octanol–water partition coefficient (Wildman–Crippen LogP) is 2.98. The van der Waals surface area contributed by atoms with E-state index < -0.39 is 23.8 Å². The number of nitrogens with one attached hydrogen (secondary N) is 1. The molecule has 1 aromatic heterocycles. The molecular formula is C11H10BrF3N2O2. The first-order valence-electron chi connectivity index (χ1n) is 5.53. The van der Waals surface area contributed by atoms with Gasteiger partial charge in [0, 0.05) is 6.61 Å². The highest BCUT2D eigenvalue weighted by Gasteiger charge is 2.32. The Hall–Kier alpha value is -1.15. The summed E-state index contributed by atoms with van der Waals surface area (Å²) in [6.45, 7) is 0.484. The van der Waals surface area contributed by atoms with Gasteiger partial charge in [-0.15, -0.1) is 0 Å². The number of carbonyl (C=O) groups is 1. The average molecular weight is 339 g/mol. The number of halogens is 4. The van der Waals surface area contributed by atoms with E-state index in [2.05, 4.69) is 26.2 Å². The Labute approximate surface area is 115 Å². The fourth-order valence-electron chi connectivity index (χ4n) is 1.72. The highest BCUT2D eigenvalue weighted by molar-refractivity contribution is 9.10. The summed E-state index contributed by atoms with van der Waals surface area (Å²) in [5.74, 6) is -0.626. The summed E-state index contributed by atoms with van der Waals surface area (Å²) in [4.78, 5) is 15.5. The van der Waals surface area contributed by atoms with Crippen LogP contribution in [0.3, 0.4) is 0 Å².